The number of nitrogens with zero attached hydrogens (tertiary/aromatic N) is 1. The molecule has 3 N–H and O–H groups in total. The Hall–Kier alpha value is -3.10. The highest BCUT2D eigenvalue weighted by Crippen LogP contribution is 2.22. The zero-order valence-corrected chi connectivity index (χ0v) is 13.3. The summed E-state index contributed by atoms with van der Waals surface area (Å²) in [6, 6.07) is 14.5. The molecule has 0 bridgehead atoms. The number of nitrogens with one attached hydrogen (secondary N) is 1. The molecule has 6 heteroatoms. The molecule has 2 aromatic rings. The highest BCUT2D eigenvalue weighted by molar-refractivity contribution is 6.31. The Morgan fingerprint density at radius 2 is 1.83 bits per heavy atom. The van der Waals surface area contributed by atoms with E-state index in [1.807, 2.05) is 6.07 Å². The number of hydrogen-bond donors (Lipinski definition) is 2. The molecule has 5 nitrogen and oxygen atoms in total. The van der Waals surface area contributed by atoms with E-state index in [1.165, 1.54) is 6.08 Å². The second kappa shape index (κ2) is 7.95. The van der Waals surface area contributed by atoms with Gasteiger partial charge in [0.05, 0.1) is 6.07 Å². The number of halogens is 1. The molecular weight excluding hydrogens is 326 g/mol. The van der Waals surface area contributed by atoms with Crippen LogP contribution in [0.5, 0.6) is 0 Å². The maximum atomic E-state index is 12.0. The lowest BCUT2D eigenvalue weighted by Gasteiger charge is -2.11. The van der Waals surface area contributed by atoms with E-state index in [4.69, 9.17) is 17.3 Å². The SMILES string of the molecule is N#CC(NC(=O)C=Cc1ccc(C(N)=O)cc1)c1ccccc1Cl. The maximum absolute atomic E-state index is 12.0. The number of benzene rings is 2. The fraction of sp³-hybridized carbons (Fsp3) is 0.0556. The predicted molar refractivity (Wildman–Crippen MR) is 91.9 cm³/mol. The summed E-state index contributed by atoms with van der Waals surface area (Å²) in [6.07, 6.45) is 2.88. The number of carbonyl (C=O) groups is 2. The van der Waals surface area contributed by atoms with Gasteiger partial charge in [0.25, 0.3) is 0 Å². The third-order valence-corrected chi connectivity index (χ3v) is 3.60. The van der Waals surface area contributed by atoms with Crippen molar-refractivity contribution in [3.8, 4) is 6.07 Å². The van der Waals surface area contributed by atoms with Crippen molar-refractivity contribution in [3.63, 3.8) is 0 Å². The summed E-state index contributed by atoms with van der Waals surface area (Å²) < 4.78 is 0. The molecule has 0 fully saturated rings. The van der Waals surface area contributed by atoms with Gasteiger partial charge in [0.15, 0.2) is 0 Å². The Kier molecular flexibility index (Phi) is 5.72. The Bertz CT molecular complexity index is 823. The number of nitriles is 1. The van der Waals surface area contributed by atoms with E-state index in [1.54, 1.807) is 54.6 Å². The van der Waals surface area contributed by atoms with Crippen LogP contribution in [-0.2, 0) is 4.79 Å². The summed E-state index contributed by atoms with van der Waals surface area (Å²) in [4.78, 5) is 23.0. The summed E-state index contributed by atoms with van der Waals surface area (Å²) in [7, 11) is 0. The molecule has 0 aromatic heterocycles. The van der Waals surface area contributed by atoms with Crippen molar-refractivity contribution in [2.45, 2.75) is 6.04 Å². The Morgan fingerprint density at radius 1 is 1.17 bits per heavy atom. The average molecular weight is 340 g/mol. The van der Waals surface area contributed by atoms with E-state index in [-0.39, 0.29) is 0 Å². The zero-order valence-electron chi connectivity index (χ0n) is 12.6. The largest absolute Gasteiger partial charge is 0.366 e. The molecule has 120 valence electrons. The monoisotopic (exact) mass is 339 g/mol. The fourth-order valence-electron chi connectivity index (χ4n) is 2.01. The second-order valence-corrected chi connectivity index (χ2v) is 5.32. The number of nitrogens with two attached hydrogens (primary N) is 1. The molecule has 0 aliphatic rings. The topological polar surface area (TPSA) is 96.0 Å². The molecule has 0 saturated carbocycles. The van der Waals surface area contributed by atoms with Crippen molar-refractivity contribution in [1.29, 1.82) is 5.26 Å². The number of rotatable bonds is 5. The fourth-order valence-corrected chi connectivity index (χ4v) is 2.25. The molecule has 1 atom stereocenters. The first-order valence-electron chi connectivity index (χ1n) is 7.03. The van der Waals surface area contributed by atoms with E-state index in [0.29, 0.717) is 16.1 Å². The predicted octanol–water partition coefficient (Wildman–Crippen LogP) is 2.83. The normalized spacial score (nSPS) is 11.7. The van der Waals surface area contributed by atoms with Crippen molar-refractivity contribution in [3.05, 3.63) is 76.3 Å². The van der Waals surface area contributed by atoms with E-state index in [2.05, 4.69) is 5.32 Å². The van der Waals surface area contributed by atoms with Crippen LogP contribution in [0.1, 0.15) is 27.5 Å². The lowest BCUT2D eigenvalue weighted by molar-refractivity contribution is -0.116. The van der Waals surface area contributed by atoms with E-state index in [9.17, 15) is 14.9 Å². The molecule has 1 unspecified atom stereocenters. The number of primary amides is 1. The van der Waals surface area contributed by atoms with Gasteiger partial charge in [-0.25, -0.2) is 0 Å². The molecule has 24 heavy (non-hydrogen) atoms. The van der Waals surface area contributed by atoms with E-state index >= 15 is 0 Å². The van der Waals surface area contributed by atoms with Gasteiger partial charge in [-0.3, -0.25) is 9.59 Å². The van der Waals surface area contributed by atoms with Crippen LogP contribution in [0.15, 0.2) is 54.6 Å². The molecule has 0 heterocycles. The second-order valence-electron chi connectivity index (χ2n) is 4.91. The minimum atomic E-state index is -0.840. The molecule has 0 radical (unpaired) electrons. The van der Waals surface area contributed by atoms with Crippen LogP contribution in [0.25, 0.3) is 6.08 Å². The number of carbonyl (C=O) groups excluding carboxylic acids is 2. The summed E-state index contributed by atoms with van der Waals surface area (Å²) >= 11 is 6.04. The first-order chi connectivity index (χ1) is 11.5. The summed E-state index contributed by atoms with van der Waals surface area (Å²) in [5.41, 5.74) is 6.81. The molecule has 2 rings (SSSR count). The van der Waals surface area contributed by atoms with Gasteiger partial charge in [-0.1, -0.05) is 41.9 Å². The maximum Gasteiger partial charge on any atom is 0.248 e. The zero-order chi connectivity index (χ0) is 17.5. The Labute approximate surface area is 144 Å². The van der Waals surface area contributed by atoms with Crippen LogP contribution in [0.3, 0.4) is 0 Å². The third kappa shape index (κ3) is 4.45. The minimum Gasteiger partial charge on any atom is -0.366 e. The van der Waals surface area contributed by atoms with Gasteiger partial charge in [-0.2, -0.15) is 5.26 Å². The van der Waals surface area contributed by atoms with Gasteiger partial charge in [0.1, 0.15) is 6.04 Å². The van der Waals surface area contributed by atoms with Gasteiger partial charge in [0, 0.05) is 22.2 Å². The van der Waals surface area contributed by atoms with Crippen molar-refractivity contribution in [2.75, 3.05) is 0 Å². The van der Waals surface area contributed by atoms with Crippen molar-refractivity contribution in [1.82, 2.24) is 5.32 Å². The van der Waals surface area contributed by atoms with Crippen LogP contribution in [0, 0.1) is 11.3 Å². The van der Waals surface area contributed by atoms with Gasteiger partial charge < -0.3 is 11.1 Å². The summed E-state index contributed by atoms with van der Waals surface area (Å²) in [6.45, 7) is 0. The average Bonchev–Trinajstić information content (AvgIpc) is 2.59. The van der Waals surface area contributed by atoms with Crippen LogP contribution in [0.2, 0.25) is 5.02 Å². The molecule has 0 aliphatic heterocycles. The lowest BCUT2D eigenvalue weighted by Crippen LogP contribution is -2.25. The molecule has 0 aliphatic carbocycles. The molecule has 2 amide bonds. The highest BCUT2D eigenvalue weighted by atomic mass is 35.5. The Morgan fingerprint density at radius 3 is 2.42 bits per heavy atom. The lowest BCUT2D eigenvalue weighted by atomic mass is 10.1. The number of hydrogen-bond acceptors (Lipinski definition) is 3. The molecule has 0 saturated heterocycles. The molecule has 2 aromatic carbocycles. The summed E-state index contributed by atoms with van der Waals surface area (Å²) in [5, 5.41) is 12.2. The Balaban J connectivity index is 2.05. The van der Waals surface area contributed by atoms with E-state index in [0.717, 1.165) is 5.56 Å². The minimum absolute atomic E-state index is 0.389. The van der Waals surface area contributed by atoms with Crippen LogP contribution in [0.4, 0.5) is 0 Å². The highest BCUT2D eigenvalue weighted by Gasteiger charge is 2.14. The summed E-state index contributed by atoms with van der Waals surface area (Å²) in [5.74, 6) is -0.944. The van der Waals surface area contributed by atoms with Gasteiger partial charge >= 0.3 is 0 Å². The van der Waals surface area contributed by atoms with E-state index < -0.39 is 17.9 Å². The molecular formula is C18H14ClN3O2. The van der Waals surface area contributed by atoms with Crippen molar-refractivity contribution >= 4 is 29.5 Å². The van der Waals surface area contributed by atoms with Gasteiger partial charge in [-0.05, 0) is 29.8 Å². The van der Waals surface area contributed by atoms with Crippen LogP contribution < -0.4 is 11.1 Å². The smallest absolute Gasteiger partial charge is 0.248 e. The van der Waals surface area contributed by atoms with Crippen molar-refractivity contribution in [2.24, 2.45) is 5.73 Å². The third-order valence-electron chi connectivity index (χ3n) is 3.25. The van der Waals surface area contributed by atoms with Crippen molar-refractivity contribution < 1.29 is 9.59 Å². The quantitative estimate of drug-likeness (QED) is 0.820. The standard InChI is InChI=1S/C18H14ClN3O2/c19-15-4-2-1-3-14(15)16(11-20)22-17(23)10-7-12-5-8-13(9-6-12)18(21)24/h1-10,16H,(H2,21,24)(H,22,23). The van der Waals surface area contributed by atoms with Crippen LogP contribution in [-0.4, -0.2) is 11.8 Å². The number of amides is 2. The van der Waals surface area contributed by atoms with Crippen LogP contribution >= 0.6 is 11.6 Å². The first kappa shape index (κ1) is 17.3. The first-order valence-corrected chi connectivity index (χ1v) is 7.41. The molecule has 0 spiro atoms. The van der Waals surface area contributed by atoms with Gasteiger partial charge in [-0.15, -0.1) is 0 Å². The van der Waals surface area contributed by atoms with Gasteiger partial charge in [0.2, 0.25) is 11.8 Å².